The monoisotopic (exact) mass is 531 g/mol. The van der Waals surface area contributed by atoms with Crippen LogP contribution in [0.2, 0.25) is 0 Å². The van der Waals surface area contributed by atoms with E-state index in [0.717, 1.165) is 36.1 Å². The van der Waals surface area contributed by atoms with E-state index >= 15 is 0 Å². The van der Waals surface area contributed by atoms with Crippen molar-refractivity contribution in [3.8, 4) is 11.5 Å². The van der Waals surface area contributed by atoms with Crippen LogP contribution < -0.4 is 9.47 Å². The molecule has 6 aliphatic rings. The third-order valence-corrected chi connectivity index (χ3v) is 9.53. The maximum atomic E-state index is 14.0. The fourth-order valence-corrected chi connectivity index (χ4v) is 7.60. The highest BCUT2D eigenvalue weighted by molar-refractivity contribution is 6.12. The average molecular weight is 532 g/mol. The van der Waals surface area contributed by atoms with Crippen LogP contribution in [-0.4, -0.2) is 58.4 Å². The molecule has 39 heavy (non-hydrogen) atoms. The van der Waals surface area contributed by atoms with Gasteiger partial charge in [0.25, 0.3) is 0 Å². The number of aliphatic hydroxyl groups excluding tert-OH is 2. The first-order valence-electron chi connectivity index (χ1n) is 13.9. The fraction of sp³-hybridized carbons (Fsp3) is 0.484. The van der Waals surface area contributed by atoms with E-state index in [1.807, 2.05) is 37.1 Å². The van der Waals surface area contributed by atoms with Crippen molar-refractivity contribution >= 4 is 11.6 Å². The first-order valence-corrected chi connectivity index (χ1v) is 13.9. The van der Waals surface area contributed by atoms with Crippen molar-refractivity contribution in [1.82, 2.24) is 5.06 Å². The zero-order chi connectivity index (χ0) is 27.1. The van der Waals surface area contributed by atoms with Gasteiger partial charge < -0.3 is 19.7 Å². The van der Waals surface area contributed by atoms with Crippen molar-refractivity contribution in [2.45, 2.75) is 64.2 Å². The van der Waals surface area contributed by atoms with Gasteiger partial charge in [-0.1, -0.05) is 31.6 Å². The number of benzene rings is 1. The molecule has 4 atom stereocenters. The van der Waals surface area contributed by atoms with E-state index in [0.29, 0.717) is 48.8 Å². The lowest BCUT2D eigenvalue weighted by Crippen LogP contribution is -2.66. The van der Waals surface area contributed by atoms with Gasteiger partial charge in [-0.15, -0.1) is 0 Å². The minimum absolute atomic E-state index is 0.157. The summed E-state index contributed by atoms with van der Waals surface area (Å²) in [5.41, 5.74) is 3.52. The van der Waals surface area contributed by atoms with Crippen LogP contribution >= 0.6 is 0 Å². The largest absolute Gasteiger partial charge is 0.486 e. The lowest BCUT2D eigenvalue weighted by atomic mass is 9.52. The van der Waals surface area contributed by atoms with Crippen molar-refractivity contribution in [2.75, 3.05) is 19.8 Å². The second-order valence-corrected chi connectivity index (χ2v) is 11.8. The Morgan fingerprint density at radius 1 is 1.13 bits per heavy atom. The molecule has 2 heterocycles. The van der Waals surface area contributed by atoms with Gasteiger partial charge in [0.05, 0.1) is 18.3 Å². The summed E-state index contributed by atoms with van der Waals surface area (Å²) in [4.78, 5) is 34.5. The standard InChI is InChI=1S/C31H33NO7/c1-17-10-23-24(34)13-22-21-12-19-4-3-5-20(19)29(21)32(15-18-6-7-26-27(11-18)38-9-8-37-26)39-31(22,28(36)16-33)30(23,2)14-25(17)35/h6-7,10-11,13,17,25,33,35H,3-5,8-9,12,14-16H2,1-2H3/t17-,25-,30-,31+/m0/s1. The number of rotatable bonds is 4. The molecule has 204 valence electrons. The van der Waals surface area contributed by atoms with Crippen molar-refractivity contribution in [2.24, 2.45) is 11.3 Å². The number of ketones is 2. The Balaban J connectivity index is 1.41. The van der Waals surface area contributed by atoms with Crippen LogP contribution in [0.5, 0.6) is 11.5 Å². The number of Topliss-reactive ketones (excluding diaryl/α,β-unsaturated/α-hetero) is 1. The number of carbonyl (C=O) groups excluding carboxylic acids is 2. The molecular weight excluding hydrogens is 498 g/mol. The van der Waals surface area contributed by atoms with E-state index in [1.54, 1.807) is 12.2 Å². The summed E-state index contributed by atoms with van der Waals surface area (Å²) in [6, 6.07) is 5.79. The van der Waals surface area contributed by atoms with E-state index in [1.165, 1.54) is 11.1 Å². The molecule has 0 saturated heterocycles. The lowest BCUT2D eigenvalue weighted by molar-refractivity contribution is -0.254. The molecule has 2 N–H and O–H groups in total. The molecule has 8 nitrogen and oxygen atoms in total. The third-order valence-electron chi connectivity index (χ3n) is 9.53. The number of hydrogen-bond acceptors (Lipinski definition) is 8. The minimum atomic E-state index is -1.64. The normalized spacial score (nSPS) is 32.8. The van der Waals surface area contributed by atoms with Crippen LogP contribution in [0.25, 0.3) is 0 Å². The van der Waals surface area contributed by atoms with Gasteiger partial charge in [-0.25, -0.2) is 5.06 Å². The Hall–Kier alpha value is -3.20. The molecule has 7 rings (SSSR count). The number of fused-ring (bicyclic) bond motifs is 6. The number of ether oxygens (including phenoxy) is 2. The molecule has 0 radical (unpaired) electrons. The molecular formula is C31H33NO7. The van der Waals surface area contributed by atoms with Crippen molar-refractivity contribution in [1.29, 1.82) is 0 Å². The van der Waals surface area contributed by atoms with Gasteiger partial charge in [-0.3, -0.25) is 14.4 Å². The lowest BCUT2D eigenvalue weighted by Gasteiger charge is -2.57. The molecule has 8 heteroatoms. The first-order chi connectivity index (χ1) is 18.8. The van der Waals surface area contributed by atoms with Crippen LogP contribution in [-0.2, 0) is 21.0 Å². The highest BCUT2D eigenvalue weighted by Crippen LogP contribution is 2.62. The molecule has 1 aromatic carbocycles. The van der Waals surface area contributed by atoms with Crippen LogP contribution in [0.15, 0.2) is 63.9 Å². The van der Waals surface area contributed by atoms with E-state index in [4.69, 9.17) is 14.3 Å². The van der Waals surface area contributed by atoms with E-state index in [2.05, 4.69) is 0 Å². The van der Waals surface area contributed by atoms with Gasteiger partial charge in [-0.05, 0) is 67.0 Å². The molecule has 0 aromatic heterocycles. The minimum Gasteiger partial charge on any atom is -0.486 e. The van der Waals surface area contributed by atoms with Crippen LogP contribution in [0, 0.1) is 11.3 Å². The molecule has 0 saturated carbocycles. The van der Waals surface area contributed by atoms with Gasteiger partial charge in [0.2, 0.25) is 0 Å². The SMILES string of the molecule is C[C@H]1C=C2C(=O)C=C3C4=C(C5=C(CCC5)C4)N(Cc4ccc5c(c4)OCCO5)O[C@]3(C(=O)CO)[C@@]2(C)C[C@@H]1O. The van der Waals surface area contributed by atoms with Gasteiger partial charge in [0, 0.05) is 22.5 Å². The fourth-order valence-electron chi connectivity index (χ4n) is 7.60. The average Bonchev–Trinajstić information content (AvgIpc) is 3.52. The van der Waals surface area contributed by atoms with E-state index < -0.39 is 29.5 Å². The van der Waals surface area contributed by atoms with Crippen LogP contribution in [0.3, 0.4) is 0 Å². The smallest absolute Gasteiger partial charge is 0.198 e. The zero-order valence-electron chi connectivity index (χ0n) is 22.3. The van der Waals surface area contributed by atoms with Crippen LogP contribution in [0.4, 0.5) is 0 Å². The molecule has 1 aromatic rings. The molecule has 0 fully saturated rings. The summed E-state index contributed by atoms with van der Waals surface area (Å²) in [6.07, 6.45) is 6.35. The van der Waals surface area contributed by atoms with Crippen molar-refractivity contribution < 1.29 is 34.1 Å². The van der Waals surface area contributed by atoms with Crippen molar-refractivity contribution in [3.63, 3.8) is 0 Å². The van der Waals surface area contributed by atoms with Crippen molar-refractivity contribution in [3.05, 3.63) is 69.5 Å². The second kappa shape index (κ2) is 8.65. The topological polar surface area (TPSA) is 106 Å². The Morgan fingerprint density at radius 2 is 1.92 bits per heavy atom. The number of hydroxylamine groups is 2. The number of carbonyl (C=O) groups is 2. The summed E-state index contributed by atoms with van der Waals surface area (Å²) in [7, 11) is 0. The summed E-state index contributed by atoms with van der Waals surface area (Å²) in [6.45, 7) is 4.28. The molecule has 0 bridgehead atoms. The second-order valence-electron chi connectivity index (χ2n) is 11.8. The van der Waals surface area contributed by atoms with Gasteiger partial charge in [0.1, 0.15) is 19.8 Å². The maximum absolute atomic E-state index is 14.0. The van der Waals surface area contributed by atoms with Gasteiger partial charge in [-0.2, -0.15) is 0 Å². The number of hydrogen-bond donors (Lipinski definition) is 2. The summed E-state index contributed by atoms with van der Waals surface area (Å²) < 4.78 is 11.5. The van der Waals surface area contributed by atoms with Gasteiger partial charge in [0.15, 0.2) is 28.7 Å². The van der Waals surface area contributed by atoms with E-state index in [-0.39, 0.29) is 18.1 Å². The Morgan fingerprint density at radius 3 is 2.72 bits per heavy atom. The number of nitrogens with zero attached hydrogens (tertiary/aromatic N) is 1. The molecule has 0 unspecified atom stereocenters. The predicted molar refractivity (Wildman–Crippen MR) is 140 cm³/mol. The summed E-state index contributed by atoms with van der Waals surface area (Å²) in [5, 5.41) is 23.1. The maximum Gasteiger partial charge on any atom is 0.198 e. The molecule has 0 spiro atoms. The van der Waals surface area contributed by atoms with Gasteiger partial charge >= 0.3 is 0 Å². The summed E-state index contributed by atoms with van der Waals surface area (Å²) in [5.74, 6) is 0.459. The van der Waals surface area contributed by atoms with Crippen LogP contribution in [0.1, 0.15) is 51.5 Å². The molecule has 0 amide bonds. The highest BCUT2D eigenvalue weighted by atomic mass is 16.7. The summed E-state index contributed by atoms with van der Waals surface area (Å²) >= 11 is 0. The Kier molecular flexibility index (Phi) is 5.50. The Bertz CT molecular complexity index is 1430. The highest BCUT2D eigenvalue weighted by Gasteiger charge is 2.67. The van der Waals surface area contributed by atoms with E-state index in [9.17, 15) is 19.8 Å². The number of aliphatic hydroxyl groups is 2. The first kappa shape index (κ1) is 24.8. The zero-order valence-corrected chi connectivity index (χ0v) is 22.3. The molecule has 2 aliphatic heterocycles. The predicted octanol–water partition coefficient (Wildman–Crippen LogP) is 3.49. The quantitative estimate of drug-likeness (QED) is 0.609. The molecule has 4 aliphatic carbocycles. The number of allylic oxidation sites excluding steroid dienone is 3. The third kappa shape index (κ3) is 3.34. The Labute approximate surface area is 227 Å².